The fourth-order valence-corrected chi connectivity index (χ4v) is 2.30. The predicted molar refractivity (Wildman–Crippen MR) is 61.8 cm³/mol. The minimum Gasteiger partial charge on any atom is -0.496 e. The fourth-order valence-electron chi connectivity index (χ4n) is 2.30. The van der Waals surface area contributed by atoms with Crippen LogP contribution in [-0.2, 0) is 0 Å². The van der Waals surface area contributed by atoms with Gasteiger partial charge in [0.05, 0.1) is 24.6 Å². The van der Waals surface area contributed by atoms with Gasteiger partial charge in [0.2, 0.25) is 0 Å². The first kappa shape index (κ1) is 11.9. The Morgan fingerprint density at radius 1 is 1.53 bits per heavy atom. The van der Waals surface area contributed by atoms with E-state index < -0.39 is 11.5 Å². The highest BCUT2D eigenvalue weighted by Crippen LogP contribution is 2.50. The van der Waals surface area contributed by atoms with Crippen LogP contribution in [0.5, 0.6) is 5.75 Å². The van der Waals surface area contributed by atoms with Crippen LogP contribution in [0.3, 0.4) is 0 Å². The van der Waals surface area contributed by atoms with Crippen molar-refractivity contribution in [1.29, 1.82) is 5.26 Å². The molecule has 1 aromatic rings. The molecular formula is C13H15FN2O. The number of hydrogen-bond acceptors (Lipinski definition) is 3. The fraction of sp³-hybridized carbons (Fsp3) is 0.462. The second-order valence-electron chi connectivity index (χ2n) is 4.49. The normalized spacial score (nSPS) is 18.9. The molecule has 0 heterocycles. The molecule has 1 unspecified atom stereocenters. The molecule has 4 heteroatoms. The molecule has 17 heavy (non-hydrogen) atoms. The van der Waals surface area contributed by atoms with Crippen molar-refractivity contribution >= 4 is 0 Å². The first-order valence-corrected chi connectivity index (χ1v) is 5.63. The Kier molecular flexibility index (Phi) is 3.03. The molecule has 0 aliphatic heterocycles. The maximum atomic E-state index is 13.3. The Balaban J connectivity index is 2.39. The number of methoxy groups -OCH3 is 1. The molecule has 0 amide bonds. The number of nitriles is 1. The van der Waals surface area contributed by atoms with E-state index in [0.29, 0.717) is 11.3 Å². The molecule has 3 nitrogen and oxygen atoms in total. The summed E-state index contributed by atoms with van der Waals surface area (Å²) < 4.78 is 18.4. The maximum absolute atomic E-state index is 13.3. The van der Waals surface area contributed by atoms with Crippen LogP contribution in [0.1, 0.15) is 30.9 Å². The summed E-state index contributed by atoms with van der Waals surface area (Å²) in [5.74, 6) is 0.184. The van der Waals surface area contributed by atoms with Gasteiger partial charge < -0.3 is 10.5 Å². The van der Waals surface area contributed by atoms with E-state index in [1.54, 1.807) is 6.07 Å². The molecule has 0 radical (unpaired) electrons. The van der Waals surface area contributed by atoms with Gasteiger partial charge in [-0.25, -0.2) is 4.39 Å². The molecule has 1 aromatic carbocycles. The zero-order valence-electron chi connectivity index (χ0n) is 9.74. The summed E-state index contributed by atoms with van der Waals surface area (Å²) >= 11 is 0. The third kappa shape index (κ3) is 1.87. The molecule has 0 saturated heterocycles. The summed E-state index contributed by atoms with van der Waals surface area (Å²) in [6, 6.07) is 6.03. The smallest absolute Gasteiger partial charge is 0.123 e. The lowest BCUT2D eigenvalue weighted by Crippen LogP contribution is -2.39. The number of rotatable bonds is 3. The van der Waals surface area contributed by atoms with Crippen LogP contribution >= 0.6 is 0 Å². The van der Waals surface area contributed by atoms with Crippen molar-refractivity contribution in [3.05, 3.63) is 29.6 Å². The lowest BCUT2D eigenvalue weighted by Gasteiger charge is -2.40. The minimum atomic E-state index is -0.554. The Morgan fingerprint density at radius 3 is 2.71 bits per heavy atom. The van der Waals surface area contributed by atoms with E-state index >= 15 is 0 Å². The predicted octanol–water partition coefficient (Wildman–Crippen LogP) is 2.53. The Hall–Kier alpha value is -1.60. The maximum Gasteiger partial charge on any atom is 0.123 e. The zero-order chi connectivity index (χ0) is 12.5. The topological polar surface area (TPSA) is 59.0 Å². The van der Waals surface area contributed by atoms with Crippen molar-refractivity contribution < 1.29 is 9.13 Å². The van der Waals surface area contributed by atoms with E-state index in [2.05, 4.69) is 6.07 Å². The van der Waals surface area contributed by atoms with Gasteiger partial charge in [-0.3, -0.25) is 0 Å². The Morgan fingerprint density at radius 2 is 2.24 bits per heavy atom. The van der Waals surface area contributed by atoms with Crippen molar-refractivity contribution in [1.82, 2.24) is 0 Å². The molecule has 1 atom stereocenters. The van der Waals surface area contributed by atoms with Crippen LogP contribution in [0.2, 0.25) is 0 Å². The summed E-state index contributed by atoms with van der Waals surface area (Å²) in [7, 11) is 1.52. The second-order valence-corrected chi connectivity index (χ2v) is 4.49. The monoisotopic (exact) mass is 234 g/mol. The van der Waals surface area contributed by atoms with Gasteiger partial charge in [-0.1, -0.05) is 6.42 Å². The van der Waals surface area contributed by atoms with E-state index in [0.717, 1.165) is 19.3 Å². The van der Waals surface area contributed by atoms with Crippen LogP contribution in [0.4, 0.5) is 4.39 Å². The minimum absolute atomic E-state index is 0.358. The molecule has 1 aliphatic carbocycles. The summed E-state index contributed by atoms with van der Waals surface area (Å²) in [5, 5.41) is 9.24. The summed E-state index contributed by atoms with van der Waals surface area (Å²) in [6.45, 7) is 0. The molecule has 1 aliphatic rings. The highest BCUT2D eigenvalue weighted by atomic mass is 19.1. The van der Waals surface area contributed by atoms with Crippen molar-refractivity contribution in [3.63, 3.8) is 0 Å². The van der Waals surface area contributed by atoms with Gasteiger partial charge >= 0.3 is 0 Å². The lowest BCUT2D eigenvalue weighted by atomic mass is 9.63. The van der Waals surface area contributed by atoms with Gasteiger partial charge in [-0.15, -0.1) is 0 Å². The number of hydrogen-bond donors (Lipinski definition) is 1. The van der Waals surface area contributed by atoms with Gasteiger partial charge in [-0.2, -0.15) is 5.26 Å². The van der Waals surface area contributed by atoms with Gasteiger partial charge in [0, 0.05) is 5.56 Å². The van der Waals surface area contributed by atoms with Crippen LogP contribution in [0.25, 0.3) is 0 Å². The highest BCUT2D eigenvalue weighted by molar-refractivity contribution is 5.39. The van der Waals surface area contributed by atoms with Crippen LogP contribution in [-0.4, -0.2) is 7.11 Å². The van der Waals surface area contributed by atoms with Gasteiger partial charge in [0.25, 0.3) is 0 Å². The van der Waals surface area contributed by atoms with Crippen LogP contribution in [0, 0.1) is 22.6 Å². The number of ether oxygens (including phenoxy) is 1. The molecule has 1 fully saturated rings. The second kappa shape index (κ2) is 4.34. The van der Waals surface area contributed by atoms with E-state index in [4.69, 9.17) is 10.5 Å². The van der Waals surface area contributed by atoms with Crippen molar-refractivity contribution in [2.75, 3.05) is 7.11 Å². The third-order valence-corrected chi connectivity index (χ3v) is 3.59. The average molecular weight is 234 g/mol. The van der Waals surface area contributed by atoms with Gasteiger partial charge in [0.15, 0.2) is 0 Å². The van der Waals surface area contributed by atoms with Crippen molar-refractivity contribution in [2.45, 2.75) is 25.3 Å². The molecule has 90 valence electrons. The number of benzene rings is 1. The van der Waals surface area contributed by atoms with Crippen LogP contribution < -0.4 is 10.5 Å². The molecule has 1 saturated carbocycles. The summed E-state index contributed by atoms with van der Waals surface area (Å²) in [5.41, 5.74) is 6.14. The van der Waals surface area contributed by atoms with Gasteiger partial charge in [0.1, 0.15) is 11.6 Å². The quantitative estimate of drug-likeness (QED) is 0.874. The molecular weight excluding hydrogens is 219 g/mol. The van der Waals surface area contributed by atoms with Crippen molar-refractivity contribution in [3.8, 4) is 11.8 Å². The van der Waals surface area contributed by atoms with E-state index in [-0.39, 0.29) is 5.82 Å². The Labute approximate surface area is 100.0 Å². The average Bonchev–Trinajstić information content (AvgIpc) is 2.28. The van der Waals surface area contributed by atoms with E-state index in [9.17, 15) is 9.65 Å². The molecule has 2 rings (SSSR count). The standard InChI is InChI=1S/C13H15FN2O/c1-17-11-4-3-9(14)7-10(11)12(16)13(8-15)5-2-6-13/h3-4,7,12H,2,5-6,16H2,1H3. The lowest BCUT2D eigenvalue weighted by molar-refractivity contribution is 0.166. The molecule has 2 N–H and O–H groups in total. The largest absolute Gasteiger partial charge is 0.496 e. The first-order valence-electron chi connectivity index (χ1n) is 5.63. The molecule has 0 spiro atoms. The van der Waals surface area contributed by atoms with Crippen LogP contribution in [0.15, 0.2) is 18.2 Å². The number of nitrogens with zero attached hydrogens (tertiary/aromatic N) is 1. The first-order chi connectivity index (χ1) is 8.13. The summed E-state index contributed by atoms with van der Waals surface area (Å²) in [6.07, 6.45) is 2.54. The highest BCUT2D eigenvalue weighted by Gasteiger charge is 2.44. The van der Waals surface area contributed by atoms with Crippen molar-refractivity contribution in [2.24, 2.45) is 11.1 Å². The van der Waals surface area contributed by atoms with E-state index in [1.807, 2.05) is 0 Å². The van der Waals surface area contributed by atoms with E-state index in [1.165, 1.54) is 19.2 Å². The number of halogens is 1. The zero-order valence-corrected chi connectivity index (χ0v) is 9.74. The molecule has 0 bridgehead atoms. The number of nitrogens with two attached hydrogens (primary N) is 1. The third-order valence-electron chi connectivity index (χ3n) is 3.59. The molecule has 0 aromatic heterocycles. The SMILES string of the molecule is COc1ccc(F)cc1C(N)C1(C#N)CCC1. The summed E-state index contributed by atoms with van der Waals surface area (Å²) in [4.78, 5) is 0. The Bertz CT molecular complexity index is 463. The van der Waals surface area contributed by atoms with Gasteiger partial charge in [-0.05, 0) is 31.0 Å².